The lowest BCUT2D eigenvalue weighted by Gasteiger charge is -2.13. The number of halogens is 2. The van der Waals surface area contributed by atoms with Crippen molar-refractivity contribution in [2.24, 2.45) is 0 Å². The van der Waals surface area contributed by atoms with E-state index in [2.05, 4.69) is 0 Å². The lowest BCUT2D eigenvalue weighted by atomic mass is 10.0. The van der Waals surface area contributed by atoms with E-state index in [9.17, 15) is 13.9 Å². The number of hydrogen-bond acceptors (Lipinski definition) is 2. The first-order valence-electron chi connectivity index (χ1n) is 6.41. The van der Waals surface area contributed by atoms with E-state index in [0.717, 1.165) is 38.4 Å². The molecule has 2 atom stereocenters. The maximum absolute atomic E-state index is 13.4. The van der Waals surface area contributed by atoms with Gasteiger partial charge in [0.25, 0.3) is 0 Å². The zero-order valence-electron chi connectivity index (χ0n) is 10.2. The van der Waals surface area contributed by atoms with Crippen LogP contribution in [0, 0.1) is 11.6 Å². The molecule has 0 aliphatic carbocycles. The smallest absolute Gasteiger partial charge is 0.131 e. The molecule has 100 valence electrons. The lowest BCUT2D eigenvalue weighted by Crippen LogP contribution is -2.07. The van der Waals surface area contributed by atoms with Crippen molar-refractivity contribution in [3.05, 3.63) is 35.4 Å². The normalized spacial score (nSPS) is 21.2. The Labute approximate surface area is 106 Å². The molecule has 1 aromatic rings. The molecule has 18 heavy (non-hydrogen) atoms. The van der Waals surface area contributed by atoms with Gasteiger partial charge in [-0.2, -0.15) is 0 Å². The Bertz CT molecular complexity index is 389. The fraction of sp³-hybridized carbons (Fsp3) is 0.571. The zero-order valence-corrected chi connectivity index (χ0v) is 10.2. The van der Waals surface area contributed by atoms with Gasteiger partial charge in [0.1, 0.15) is 11.6 Å². The van der Waals surface area contributed by atoms with E-state index in [0.29, 0.717) is 6.42 Å². The van der Waals surface area contributed by atoms with Gasteiger partial charge in [0.05, 0.1) is 12.2 Å². The molecule has 2 unspecified atom stereocenters. The third-order valence-electron chi connectivity index (χ3n) is 3.35. The fourth-order valence-electron chi connectivity index (χ4n) is 2.34. The van der Waals surface area contributed by atoms with Crippen molar-refractivity contribution in [3.8, 4) is 0 Å². The summed E-state index contributed by atoms with van der Waals surface area (Å²) in [7, 11) is 0. The van der Waals surface area contributed by atoms with Crippen molar-refractivity contribution < 1.29 is 18.6 Å². The molecule has 1 aliphatic rings. The summed E-state index contributed by atoms with van der Waals surface area (Å²) in [6, 6.07) is 3.28. The lowest BCUT2D eigenvalue weighted by molar-refractivity contribution is 0.0940. The summed E-state index contributed by atoms with van der Waals surface area (Å²) in [6.07, 6.45) is 3.73. The van der Waals surface area contributed by atoms with E-state index < -0.39 is 17.7 Å². The van der Waals surface area contributed by atoms with Crippen LogP contribution in [0.2, 0.25) is 0 Å². The van der Waals surface area contributed by atoms with Gasteiger partial charge in [0.2, 0.25) is 0 Å². The molecule has 0 saturated carbocycles. The first-order chi connectivity index (χ1) is 8.66. The standard InChI is InChI=1S/C14H18F2O2/c15-10-6-7-12(13(16)9-10)14(17)5-1-3-11-4-2-8-18-11/h6-7,9,11,14,17H,1-5,8H2. The van der Waals surface area contributed by atoms with Crippen LogP contribution in [0.5, 0.6) is 0 Å². The number of benzene rings is 1. The molecule has 1 N–H and O–H groups in total. The van der Waals surface area contributed by atoms with Crippen molar-refractivity contribution in [1.82, 2.24) is 0 Å². The monoisotopic (exact) mass is 256 g/mol. The SMILES string of the molecule is OC(CCCC1CCCO1)c1ccc(F)cc1F. The summed E-state index contributed by atoms with van der Waals surface area (Å²) in [5, 5.41) is 9.86. The molecule has 4 heteroatoms. The summed E-state index contributed by atoms with van der Waals surface area (Å²) in [6.45, 7) is 0.819. The average molecular weight is 256 g/mol. The predicted octanol–water partition coefficient (Wildman–Crippen LogP) is 3.35. The van der Waals surface area contributed by atoms with E-state index in [1.807, 2.05) is 0 Å². The van der Waals surface area contributed by atoms with E-state index in [1.54, 1.807) is 0 Å². The van der Waals surface area contributed by atoms with Crippen molar-refractivity contribution >= 4 is 0 Å². The molecule has 1 fully saturated rings. The van der Waals surface area contributed by atoms with E-state index in [4.69, 9.17) is 4.74 Å². The second-order valence-corrected chi connectivity index (χ2v) is 4.75. The minimum absolute atomic E-state index is 0.170. The Morgan fingerprint density at radius 2 is 2.22 bits per heavy atom. The van der Waals surface area contributed by atoms with Gasteiger partial charge in [-0.1, -0.05) is 6.07 Å². The Hall–Kier alpha value is -1.00. The van der Waals surface area contributed by atoms with Gasteiger partial charge in [-0.25, -0.2) is 8.78 Å². The molecule has 0 bridgehead atoms. The average Bonchev–Trinajstić information content (AvgIpc) is 2.81. The van der Waals surface area contributed by atoms with Gasteiger partial charge in [-0.15, -0.1) is 0 Å². The van der Waals surface area contributed by atoms with Gasteiger partial charge in [-0.3, -0.25) is 0 Å². The summed E-state index contributed by atoms with van der Waals surface area (Å²) in [5.74, 6) is -1.30. The molecular weight excluding hydrogens is 238 g/mol. The molecule has 1 heterocycles. The molecule has 0 amide bonds. The highest BCUT2D eigenvalue weighted by molar-refractivity contribution is 5.20. The number of hydrogen-bond donors (Lipinski definition) is 1. The van der Waals surface area contributed by atoms with Gasteiger partial charge >= 0.3 is 0 Å². The molecule has 0 aromatic heterocycles. The van der Waals surface area contributed by atoms with Crippen LogP contribution in [0.3, 0.4) is 0 Å². The van der Waals surface area contributed by atoms with Crippen molar-refractivity contribution in [1.29, 1.82) is 0 Å². The highest BCUT2D eigenvalue weighted by Crippen LogP contribution is 2.25. The van der Waals surface area contributed by atoms with Crippen LogP contribution >= 0.6 is 0 Å². The molecule has 2 rings (SSSR count). The Morgan fingerprint density at radius 1 is 1.39 bits per heavy atom. The number of aliphatic hydroxyl groups is 1. The van der Waals surface area contributed by atoms with E-state index in [-0.39, 0.29) is 11.7 Å². The quantitative estimate of drug-likeness (QED) is 0.875. The molecule has 1 saturated heterocycles. The van der Waals surface area contributed by atoms with Crippen LogP contribution in [0.4, 0.5) is 8.78 Å². The summed E-state index contributed by atoms with van der Waals surface area (Å²) < 4.78 is 31.6. The van der Waals surface area contributed by atoms with Crippen molar-refractivity contribution in [3.63, 3.8) is 0 Å². The third kappa shape index (κ3) is 3.50. The second-order valence-electron chi connectivity index (χ2n) is 4.75. The van der Waals surface area contributed by atoms with Gasteiger partial charge < -0.3 is 9.84 Å². The maximum Gasteiger partial charge on any atom is 0.131 e. The largest absolute Gasteiger partial charge is 0.388 e. The Morgan fingerprint density at radius 3 is 2.89 bits per heavy atom. The first-order valence-corrected chi connectivity index (χ1v) is 6.41. The molecule has 0 spiro atoms. The van der Waals surface area contributed by atoms with Crippen LogP contribution in [0.25, 0.3) is 0 Å². The number of aliphatic hydroxyl groups excluding tert-OH is 1. The molecule has 0 radical (unpaired) electrons. The molecular formula is C14H18F2O2. The number of rotatable bonds is 5. The van der Waals surface area contributed by atoms with E-state index in [1.165, 1.54) is 12.1 Å². The van der Waals surface area contributed by atoms with Crippen LogP contribution in [0.15, 0.2) is 18.2 Å². The van der Waals surface area contributed by atoms with Gasteiger partial charge in [-0.05, 0) is 38.2 Å². The molecule has 2 nitrogen and oxygen atoms in total. The Kier molecular flexibility index (Phi) is 4.66. The topological polar surface area (TPSA) is 29.5 Å². The van der Waals surface area contributed by atoms with Crippen molar-refractivity contribution in [2.75, 3.05) is 6.61 Å². The highest BCUT2D eigenvalue weighted by Gasteiger charge is 2.17. The van der Waals surface area contributed by atoms with Crippen LogP contribution < -0.4 is 0 Å². The molecule has 1 aromatic carbocycles. The summed E-state index contributed by atoms with van der Waals surface area (Å²) in [5.41, 5.74) is 0.170. The van der Waals surface area contributed by atoms with Crippen LogP contribution in [-0.2, 0) is 4.74 Å². The Balaban J connectivity index is 1.81. The zero-order chi connectivity index (χ0) is 13.0. The van der Waals surface area contributed by atoms with Gasteiger partial charge in [0, 0.05) is 18.2 Å². The minimum Gasteiger partial charge on any atom is -0.388 e. The molecule has 1 aliphatic heterocycles. The van der Waals surface area contributed by atoms with Crippen LogP contribution in [-0.4, -0.2) is 17.8 Å². The third-order valence-corrected chi connectivity index (χ3v) is 3.35. The first kappa shape index (κ1) is 13.4. The number of ether oxygens (including phenoxy) is 1. The summed E-state index contributed by atoms with van der Waals surface area (Å²) >= 11 is 0. The van der Waals surface area contributed by atoms with E-state index >= 15 is 0 Å². The highest BCUT2D eigenvalue weighted by atomic mass is 19.1. The van der Waals surface area contributed by atoms with Crippen molar-refractivity contribution in [2.45, 2.75) is 44.3 Å². The predicted molar refractivity (Wildman–Crippen MR) is 64.1 cm³/mol. The fourth-order valence-corrected chi connectivity index (χ4v) is 2.34. The summed E-state index contributed by atoms with van der Waals surface area (Å²) in [4.78, 5) is 0. The second kappa shape index (κ2) is 6.25. The maximum atomic E-state index is 13.4. The van der Waals surface area contributed by atoms with Gasteiger partial charge in [0.15, 0.2) is 0 Å². The van der Waals surface area contributed by atoms with Crippen LogP contribution in [0.1, 0.15) is 43.8 Å². The minimum atomic E-state index is -0.869.